The van der Waals surface area contributed by atoms with Crippen LogP contribution in [0.5, 0.6) is 5.75 Å². The first-order chi connectivity index (χ1) is 5.70. The summed E-state index contributed by atoms with van der Waals surface area (Å²) in [6.45, 7) is 2.69. The summed E-state index contributed by atoms with van der Waals surface area (Å²) in [5, 5.41) is 0. The van der Waals surface area contributed by atoms with E-state index >= 15 is 0 Å². The summed E-state index contributed by atoms with van der Waals surface area (Å²) in [5.74, 6) is 0.989. The van der Waals surface area contributed by atoms with E-state index in [1.54, 1.807) is 0 Å². The highest BCUT2D eigenvalue weighted by Gasteiger charge is 2.24. The van der Waals surface area contributed by atoms with E-state index in [9.17, 15) is 0 Å². The summed E-state index contributed by atoms with van der Waals surface area (Å²) in [5.41, 5.74) is 8.30. The van der Waals surface area contributed by atoms with Crippen LogP contribution in [-0.2, 0) is 0 Å². The van der Waals surface area contributed by atoms with Gasteiger partial charge in [0.15, 0.2) is 0 Å². The lowest BCUT2D eigenvalue weighted by Crippen LogP contribution is -2.11. The van der Waals surface area contributed by atoms with Crippen molar-refractivity contribution in [1.82, 2.24) is 0 Å². The van der Waals surface area contributed by atoms with Crippen molar-refractivity contribution in [3.63, 3.8) is 0 Å². The fourth-order valence-corrected chi connectivity index (χ4v) is 2.16. The second-order valence-electron chi connectivity index (χ2n) is 3.02. The number of hydrogen-bond acceptors (Lipinski definition) is 2. The number of halogens is 1. The highest BCUT2D eigenvalue weighted by Crippen LogP contribution is 2.37. The highest BCUT2D eigenvalue weighted by molar-refractivity contribution is 14.1. The van der Waals surface area contributed by atoms with Crippen LogP contribution in [0.2, 0.25) is 0 Å². The van der Waals surface area contributed by atoms with Gasteiger partial charge in [-0.05, 0) is 41.1 Å². The summed E-state index contributed by atoms with van der Waals surface area (Å²) < 4.78 is 6.64. The molecule has 1 aromatic rings. The third-order valence-corrected chi connectivity index (χ3v) is 2.99. The maximum atomic E-state index is 5.89. The van der Waals surface area contributed by atoms with E-state index in [0.717, 1.165) is 9.32 Å². The van der Waals surface area contributed by atoms with Crippen molar-refractivity contribution >= 4 is 22.6 Å². The molecule has 0 aliphatic carbocycles. The Balaban J connectivity index is 2.64. The molecular formula is C9H10INO. The minimum Gasteiger partial charge on any atom is -0.490 e. The minimum atomic E-state index is 0.0646. The van der Waals surface area contributed by atoms with E-state index in [0.29, 0.717) is 6.61 Å². The second-order valence-corrected chi connectivity index (χ2v) is 4.19. The predicted molar refractivity (Wildman–Crippen MR) is 56.3 cm³/mol. The fourth-order valence-electron chi connectivity index (χ4n) is 1.54. The third kappa shape index (κ3) is 1.11. The van der Waals surface area contributed by atoms with Gasteiger partial charge in [-0.2, -0.15) is 0 Å². The highest BCUT2D eigenvalue weighted by atomic mass is 127. The SMILES string of the molecule is Cc1ccc(I)c2c1[C@@H](N)CO2. The van der Waals surface area contributed by atoms with E-state index in [2.05, 4.69) is 41.6 Å². The smallest absolute Gasteiger partial charge is 0.137 e. The lowest BCUT2D eigenvalue weighted by Gasteiger charge is -2.05. The van der Waals surface area contributed by atoms with Crippen molar-refractivity contribution in [3.05, 3.63) is 26.8 Å². The first-order valence-electron chi connectivity index (χ1n) is 3.87. The molecule has 0 bridgehead atoms. The molecule has 1 atom stereocenters. The van der Waals surface area contributed by atoms with Crippen LogP contribution in [-0.4, -0.2) is 6.61 Å². The van der Waals surface area contributed by atoms with Crippen LogP contribution in [0.1, 0.15) is 17.2 Å². The summed E-state index contributed by atoms with van der Waals surface area (Å²) in [6.07, 6.45) is 0. The summed E-state index contributed by atoms with van der Waals surface area (Å²) in [7, 11) is 0. The quantitative estimate of drug-likeness (QED) is 0.735. The molecule has 0 amide bonds. The summed E-state index contributed by atoms with van der Waals surface area (Å²) in [4.78, 5) is 0. The zero-order valence-electron chi connectivity index (χ0n) is 6.80. The maximum absolute atomic E-state index is 5.89. The topological polar surface area (TPSA) is 35.2 Å². The van der Waals surface area contributed by atoms with Crippen molar-refractivity contribution in [2.45, 2.75) is 13.0 Å². The van der Waals surface area contributed by atoms with Gasteiger partial charge in [0.1, 0.15) is 12.4 Å². The molecule has 0 radical (unpaired) electrons. The number of aryl methyl sites for hydroxylation is 1. The molecule has 0 spiro atoms. The molecule has 1 heterocycles. The Morgan fingerprint density at radius 2 is 2.33 bits per heavy atom. The van der Waals surface area contributed by atoms with Crippen LogP contribution in [0.3, 0.4) is 0 Å². The summed E-state index contributed by atoms with van der Waals surface area (Å²) >= 11 is 2.27. The van der Waals surface area contributed by atoms with Crippen molar-refractivity contribution in [1.29, 1.82) is 0 Å². The fraction of sp³-hybridized carbons (Fsp3) is 0.333. The first kappa shape index (κ1) is 8.31. The average molecular weight is 275 g/mol. The lowest BCUT2D eigenvalue weighted by molar-refractivity contribution is 0.331. The largest absolute Gasteiger partial charge is 0.490 e. The molecule has 64 valence electrons. The molecule has 0 saturated carbocycles. The third-order valence-electron chi connectivity index (χ3n) is 2.14. The average Bonchev–Trinajstić information content (AvgIpc) is 2.42. The molecule has 3 heteroatoms. The zero-order valence-corrected chi connectivity index (χ0v) is 8.96. The molecule has 2 N–H and O–H groups in total. The van der Waals surface area contributed by atoms with Crippen molar-refractivity contribution in [2.75, 3.05) is 6.61 Å². The van der Waals surface area contributed by atoms with Gasteiger partial charge in [-0.1, -0.05) is 6.07 Å². The van der Waals surface area contributed by atoms with Crippen molar-refractivity contribution in [3.8, 4) is 5.75 Å². The predicted octanol–water partition coefficient (Wildman–Crippen LogP) is 1.99. The molecule has 1 aliphatic rings. The molecule has 0 aromatic heterocycles. The van der Waals surface area contributed by atoms with Gasteiger partial charge in [-0.3, -0.25) is 0 Å². The van der Waals surface area contributed by atoms with Crippen LogP contribution in [0, 0.1) is 10.5 Å². The van der Waals surface area contributed by atoms with Gasteiger partial charge in [-0.15, -0.1) is 0 Å². The zero-order chi connectivity index (χ0) is 8.72. The second kappa shape index (κ2) is 2.88. The Bertz CT molecular complexity index is 325. The Morgan fingerprint density at radius 3 is 3.00 bits per heavy atom. The number of fused-ring (bicyclic) bond motifs is 1. The van der Waals surface area contributed by atoms with Crippen LogP contribution in [0.25, 0.3) is 0 Å². The molecule has 12 heavy (non-hydrogen) atoms. The minimum absolute atomic E-state index is 0.0646. The van der Waals surface area contributed by atoms with Crippen LogP contribution in [0.15, 0.2) is 12.1 Å². The summed E-state index contributed by atoms with van der Waals surface area (Å²) in [6, 6.07) is 4.22. The van der Waals surface area contributed by atoms with Gasteiger partial charge in [0.25, 0.3) is 0 Å². The first-order valence-corrected chi connectivity index (χ1v) is 4.95. The molecule has 2 nitrogen and oxygen atoms in total. The Hall–Kier alpha value is -0.290. The Labute approximate surface area is 85.2 Å². The molecule has 1 aromatic carbocycles. The molecular weight excluding hydrogens is 265 g/mol. The van der Waals surface area contributed by atoms with Gasteiger partial charge in [0.05, 0.1) is 9.61 Å². The number of rotatable bonds is 0. The number of nitrogens with two attached hydrogens (primary N) is 1. The van der Waals surface area contributed by atoms with Gasteiger partial charge in [0.2, 0.25) is 0 Å². The number of ether oxygens (including phenoxy) is 1. The normalized spacial score (nSPS) is 20.4. The molecule has 1 aliphatic heterocycles. The lowest BCUT2D eigenvalue weighted by atomic mass is 10.0. The van der Waals surface area contributed by atoms with E-state index in [1.165, 1.54) is 11.1 Å². The molecule has 2 rings (SSSR count). The molecule has 0 fully saturated rings. The van der Waals surface area contributed by atoms with E-state index in [1.807, 2.05) is 0 Å². The van der Waals surface area contributed by atoms with Crippen LogP contribution < -0.4 is 10.5 Å². The van der Waals surface area contributed by atoms with Crippen LogP contribution >= 0.6 is 22.6 Å². The Kier molecular flexibility index (Phi) is 2.00. The van der Waals surface area contributed by atoms with Gasteiger partial charge >= 0.3 is 0 Å². The van der Waals surface area contributed by atoms with Gasteiger partial charge < -0.3 is 10.5 Å². The van der Waals surface area contributed by atoms with Gasteiger partial charge in [0, 0.05) is 5.56 Å². The maximum Gasteiger partial charge on any atom is 0.137 e. The van der Waals surface area contributed by atoms with E-state index in [4.69, 9.17) is 10.5 Å². The van der Waals surface area contributed by atoms with Crippen molar-refractivity contribution in [2.24, 2.45) is 5.73 Å². The molecule has 0 unspecified atom stereocenters. The standard InChI is InChI=1S/C9H10INO/c1-5-2-3-6(10)9-8(5)7(11)4-12-9/h2-3,7H,4,11H2,1H3/t7-/m0/s1. The van der Waals surface area contributed by atoms with E-state index in [-0.39, 0.29) is 6.04 Å². The van der Waals surface area contributed by atoms with Gasteiger partial charge in [-0.25, -0.2) is 0 Å². The van der Waals surface area contributed by atoms with Crippen LogP contribution in [0.4, 0.5) is 0 Å². The number of hydrogen-bond donors (Lipinski definition) is 1. The number of benzene rings is 1. The Morgan fingerprint density at radius 1 is 1.58 bits per heavy atom. The monoisotopic (exact) mass is 275 g/mol. The molecule has 0 saturated heterocycles. The van der Waals surface area contributed by atoms with E-state index < -0.39 is 0 Å². The van der Waals surface area contributed by atoms with Crippen molar-refractivity contribution < 1.29 is 4.74 Å².